The van der Waals surface area contributed by atoms with Crippen molar-refractivity contribution in [2.45, 2.75) is 17.9 Å². The lowest BCUT2D eigenvalue weighted by molar-refractivity contribution is -0.115. The second kappa shape index (κ2) is 10.6. The third-order valence-corrected chi connectivity index (χ3v) is 5.37. The Bertz CT molecular complexity index is 946. The van der Waals surface area contributed by atoms with Gasteiger partial charge < -0.3 is 20.4 Å². The molecular weight excluding hydrogens is 410 g/mol. The number of halogens is 1. The van der Waals surface area contributed by atoms with Crippen LogP contribution in [0.3, 0.4) is 0 Å². The number of carbonyl (C=O) groups excluding carboxylic acids is 2. The summed E-state index contributed by atoms with van der Waals surface area (Å²) in [4.78, 5) is 24.9. The molecule has 150 valence electrons. The zero-order valence-corrected chi connectivity index (χ0v) is 17.1. The van der Waals surface area contributed by atoms with Crippen molar-refractivity contribution in [2.24, 2.45) is 0 Å². The van der Waals surface area contributed by atoms with Crippen LogP contribution in [0.1, 0.15) is 12.2 Å². The number of nitrogens with one attached hydrogen (secondary N) is 3. The Morgan fingerprint density at radius 2 is 1.66 bits per heavy atom. The van der Waals surface area contributed by atoms with Crippen molar-refractivity contribution in [3.05, 3.63) is 77.7 Å². The smallest absolute Gasteiger partial charge is 0.319 e. The van der Waals surface area contributed by atoms with E-state index in [0.29, 0.717) is 40.9 Å². The summed E-state index contributed by atoms with van der Waals surface area (Å²) in [6.07, 6.45) is 1.92. The number of amides is 3. The van der Waals surface area contributed by atoms with Crippen LogP contribution in [0.4, 0.5) is 16.2 Å². The summed E-state index contributed by atoms with van der Waals surface area (Å²) in [5.41, 5.74) is 1.29. The maximum atomic E-state index is 12.1. The lowest BCUT2D eigenvalue weighted by Crippen LogP contribution is -2.27. The molecule has 0 unspecified atom stereocenters. The third kappa shape index (κ3) is 6.89. The first-order chi connectivity index (χ1) is 14.1. The highest BCUT2D eigenvalue weighted by molar-refractivity contribution is 7.99. The zero-order chi connectivity index (χ0) is 20.5. The Hall–Kier alpha value is -2.90. The lowest BCUT2D eigenvalue weighted by atomic mass is 10.2. The van der Waals surface area contributed by atoms with E-state index in [1.54, 1.807) is 54.4 Å². The molecule has 0 aliphatic heterocycles. The summed E-state index contributed by atoms with van der Waals surface area (Å²) in [5, 5.41) is 8.95. The Morgan fingerprint density at radius 3 is 2.34 bits per heavy atom. The van der Waals surface area contributed by atoms with Crippen molar-refractivity contribution in [3.8, 4) is 0 Å². The number of urea groups is 1. The van der Waals surface area contributed by atoms with Crippen molar-refractivity contribution in [1.29, 1.82) is 0 Å². The predicted octanol–water partition coefficient (Wildman–Crippen LogP) is 5.38. The van der Waals surface area contributed by atoms with E-state index in [1.165, 1.54) is 0 Å². The van der Waals surface area contributed by atoms with Gasteiger partial charge in [-0.15, -0.1) is 11.8 Å². The maximum Gasteiger partial charge on any atom is 0.319 e. The molecule has 0 saturated heterocycles. The topological polar surface area (TPSA) is 83.4 Å². The molecule has 3 rings (SSSR count). The first-order valence-corrected chi connectivity index (χ1v) is 10.3. The number of hydrogen-bond donors (Lipinski definition) is 3. The second-order valence-electron chi connectivity index (χ2n) is 6.04. The molecule has 2 aromatic carbocycles. The second-order valence-corrected chi connectivity index (χ2v) is 7.59. The zero-order valence-electron chi connectivity index (χ0n) is 15.5. The predicted molar refractivity (Wildman–Crippen MR) is 116 cm³/mol. The van der Waals surface area contributed by atoms with Crippen molar-refractivity contribution in [2.75, 3.05) is 16.4 Å². The van der Waals surface area contributed by atoms with E-state index in [1.807, 2.05) is 24.3 Å². The molecule has 0 fully saturated rings. The van der Waals surface area contributed by atoms with Gasteiger partial charge in [0, 0.05) is 28.4 Å². The third-order valence-electron chi connectivity index (χ3n) is 3.85. The monoisotopic (exact) mass is 429 g/mol. The van der Waals surface area contributed by atoms with E-state index in [-0.39, 0.29) is 11.9 Å². The highest BCUT2D eigenvalue weighted by Crippen LogP contribution is 2.27. The highest BCUT2D eigenvalue weighted by atomic mass is 35.5. The van der Waals surface area contributed by atoms with Gasteiger partial charge in [-0.2, -0.15) is 0 Å². The van der Waals surface area contributed by atoms with E-state index in [0.717, 1.165) is 4.90 Å². The lowest BCUT2D eigenvalue weighted by Gasteiger charge is -2.09. The molecule has 3 amide bonds. The summed E-state index contributed by atoms with van der Waals surface area (Å²) in [6.45, 7) is 0.305. The summed E-state index contributed by atoms with van der Waals surface area (Å²) in [7, 11) is 0. The minimum atomic E-state index is -0.338. The molecular formula is C21H20ClN3O3S. The van der Waals surface area contributed by atoms with Crippen LogP contribution in [0.5, 0.6) is 0 Å². The van der Waals surface area contributed by atoms with Crippen LogP contribution in [-0.4, -0.2) is 17.7 Å². The summed E-state index contributed by atoms with van der Waals surface area (Å²) in [5.74, 6) is 1.22. The van der Waals surface area contributed by atoms with Gasteiger partial charge in [-0.25, -0.2) is 4.79 Å². The standard InChI is InChI=1S/C21H20ClN3O3S/c22-18-5-1-2-6-19(18)29-13-11-20(26)24-15-7-9-16(10-8-15)25-21(27)23-14-17-4-3-12-28-17/h1-10,12H,11,13-14H2,(H,24,26)(H2,23,25,27). The minimum absolute atomic E-state index is 0.0820. The highest BCUT2D eigenvalue weighted by Gasteiger charge is 2.06. The molecule has 0 aliphatic rings. The largest absolute Gasteiger partial charge is 0.467 e. The van der Waals surface area contributed by atoms with E-state index in [2.05, 4.69) is 16.0 Å². The van der Waals surface area contributed by atoms with Gasteiger partial charge in [0.25, 0.3) is 0 Å². The molecule has 3 N–H and O–H groups in total. The molecule has 8 heteroatoms. The number of hydrogen-bond acceptors (Lipinski definition) is 4. The molecule has 6 nitrogen and oxygen atoms in total. The van der Waals surface area contributed by atoms with Gasteiger partial charge in [-0.1, -0.05) is 23.7 Å². The quantitative estimate of drug-likeness (QED) is 0.420. The van der Waals surface area contributed by atoms with Crippen LogP contribution in [0, 0.1) is 0 Å². The van der Waals surface area contributed by atoms with Crippen LogP contribution in [0.25, 0.3) is 0 Å². The van der Waals surface area contributed by atoms with Crippen molar-refractivity contribution in [3.63, 3.8) is 0 Å². The maximum absolute atomic E-state index is 12.1. The molecule has 0 radical (unpaired) electrons. The summed E-state index contributed by atoms with van der Waals surface area (Å²) < 4.78 is 5.15. The molecule has 29 heavy (non-hydrogen) atoms. The summed E-state index contributed by atoms with van der Waals surface area (Å²) in [6, 6.07) is 17.7. The fourth-order valence-corrected chi connectivity index (χ4v) is 3.62. The van der Waals surface area contributed by atoms with Crippen molar-refractivity contribution >= 4 is 46.7 Å². The van der Waals surface area contributed by atoms with Crippen molar-refractivity contribution < 1.29 is 14.0 Å². The fourth-order valence-electron chi connectivity index (χ4n) is 2.43. The number of carbonyl (C=O) groups is 2. The molecule has 1 aromatic heterocycles. The molecule has 0 aliphatic carbocycles. The Morgan fingerprint density at radius 1 is 0.931 bits per heavy atom. The van der Waals surface area contributed by atoms with Crippen LogP contribution < -0.4 is 16.0 Å². The van der Waals surface area contributed by atoms with Crippen LogP contribution >= 0.6 is 23.4 Å². The van der Waals surface area contributed by atoms with Crippen LogP contribution in [0.15, 0.2) is 76.2 Å². The molecule has 3 aromatic rings. The molecule has 0 bridgehead atoms. The summed E-state index contributed by atoms with van der Waals surface area (Å²) >= 11 is 7.65. The van der Waals surface area contributed by atoms with Gasteiger partial charge in [0.05, 0.1) is 17.8 Å². The van der Waals surface area contributed by atoms with Gasteiger partial charge in [0.15, 0.2) is 0 Å². The van der Waals surface area contributed by atoms with E-state index >= 15 is 0 Å². The minimum Gasteiger partial charge on any atom is -0.467 e. The number of furan rings is 1. The van der Waals surface area contributed by atoms with Crippen molar-refractivity contribution in [1.82, 2.24) is 5.32 Å². The Balaban J connectivity index is 1.39. The number of thioether (sulfide) groups is 1. The average molecular weight is 430 g/mol. The van der Waals surface area contributed by atoms with E-state index in [9.17, 15) is 9.59 Å². The first kappa shape index (κ1) is 20.8. The van der Waals surface area contributed by atoms with Gasteiger partial charge in [-0.3, -0.25) is 4.79 Å². The molecule has 0 spiro atoms. The first-order valence-electron chi connectivity index (χ1n) is 8.94. The number of rotatable bonds is 8. The Labute approximate surface area is 178 Å². The van der Waals surface area contributed by atoms with Gasteiger partial charge in [-0.05, 0) is 48.5 Å². The van der Waals surface area contributed by atoms with E-state index in [4.69, 9.17) is 16.0 Å². The Kier molecular flexibility index (Phi) is 7.61. The molecule has 1 heterocycles. The molecule has 0 saturated carbocycles. The van der Waals surface area contributed by atoms with E-state index < -0.39 is 0 Å². The fraction of sp³-hybridized carbons (Fsp3) is 0.143. The van der Waals surface area contributed by atoms with Crippen LogP contribution in [0.2, 0.25) is 5.02 Å². The van der Waals surface area contributed by atoms with Gasteiger partial charge in [0.2, 0.25) is 5.91 Å². The van der Waals surface area contributed by atoms with Crippen LogP contribution in [-0.2, 0) is 11.3 Å². The normalized spacial score (nSPS) is 10.4. The number of benzene rings is 2. The molecule has 0 atom stereocenters. The van der Waals surface area contributed by atoms with Gasteiger partial charge in [0.1, 0.15) is 5.76 Å². The average Bonchev–Trinajstić information content (AvgIpc) is 3.23. The van der Waals surface area contributed by atoms with Gasteiger partial charge >= 0.3 is 6.03 Å². The SMILES string of the molecule is O=C(CCSc1ccccc1Cl)Nc1ccc(NC(=O)NCc2ccco2)cc1. The number of anilines is 2.